The molecule has 2 N–H and O–H groups in total. The Bertz CT molecular complexity index is 552. The van der Waals surface area contributed by atoms with Crippen LogP contribution in [0.2, 0.25) is 0 Å². The van der Waals surface area contributed by atoms with Crippen LogP contribution in [0.25, 0.3) is 0 Å². The van der Waals surface area contributed by atoms with E-state index in [0.29, 0.717) is 18.6 Å². The van der Waals surface area contributed by atoms with Crippen molar-refractivity contribution in [3.8, 4) is 0 Å². The van der Waals surface area contributed by atoms with Gasteiger partial charge in [-0.1, -0.05) is 37.8 Å². The maximum absolute atomic E-state index is 12.4. The number of carboxylic acids is 1. The van der Waals surface area contributed by atoms with Gasteiger partial charge in [0.25, 0.3) is 0 Å². The van der Waals surface area contributed by atoms with Crippen molar-refractivity contribution in [1.29, 1.82) is 0 Å². The molecule has 2 rings (SSSR count). The lowest BCUT2D eigenvalue weighted by molar-refractivity contribution is -0.148. The number of carboxylic acid groups (broad SMARTS) is 1. The Balaban J connectivity index is 2.06. The largest absolute Gasteiger partial charge is 0.480 e. The van der Waals surface area contributed by atoms with Gasteiger partial charge in [-0.2, -0.15) is 0 Å². The number of carbonyl (C=O) groups excluding carboxylic acids is 1. The van der Waals surface area contributed by atoms with Gasteiger partial charge >= 0.3 is 5.97 Å². The van der Waals surface area contributed by atoms with Crippen LogP contribution in [0, 0.1) is 13.8 Å². The number of amides is 1. The third kappa shape index (κ3) is 3.92. The molecule has 0 aromatic carbocycles. The monoisotopic (exact) mass is 322 g/mol. The van der Waals surface area contributed by atoms with Crippen LogP contribution >= 0.6 is 0 Å². The van der Waals surface area contributed by atoms with E-state index in [4.69, 9.17) is 4.52 Å². The zero-order valence-corrected chi connectivity index (χ0v) is 14.1. The van der Waals surface area contributed by atoms with E-state index in [2.05, 4.69) is 10.5 Å². The molecule has 6 heteroatoms. The number of nitrogens with zero attached hydrogens (tertiary/aromatic N) is 1. The summed E-state index contributed by atoms with van der Waals surface area (Å²) in [5, 5.41) is 16.4. The molecular formula is C17H26N2O4. The van der Waals surface area contributed by atoms with Gasteiger partial charge in [0.15, 0.2) is 0 Å². The maximum atomic E-state index is 12.4. The molecule has 1 amide bonds. The van der Waals surface area contributed by atoms with Gasteiger partial charge in [0.05, 0.1) is 5.69 Å². The average molecular weight is 322 g/mol. The summed E-state index contributed by atoms with van der Waals surface area (Å²) in [7, 11) is 0. The van der Waals surface area contributed by atoms with Crippen LogP contribution in [0.4, 0.5) is 0 Å². The molecule has 1 aromatic heterocycles. The van der Waals surface area contributed by atoms with Gasteiger partial charge in [0, 0.05) is 12.0 Å². The first kappa shape index (κ1) is 17.5. The zero-order valence-electron chi connectivity index (χ0n) is 14.1. The van der Waals surface area contributed by atoms with E-state index in [1.807, 2.05) is 20.8 Å². The van der Waals surface area contributed by atoms with Crippen LogP contribution in [0.5, 0.6) is 0 Å². The molecule has 1 heterocycles. The summed E-state index contributed by atoms with van der Waals surface area (Å²) in [6, 6.07) is 0. The molecule has 1 aliphatic carbocycles. The van der Waals surface area contributed by atoms with Crippen molar-refractivity contribution in [2.24, 2.45) is 0 Å². The molecule has 6 nitrogen and oxygen atoms in total. The van der Waals surface area contributed by atoms with E-state index in [1.165, 1.54) is 0 Å². The summed E-state index contributed by atoms with van der Waals surface area (Å²) < 4.78 is 5.15. The summed E-state index contributed by atoms with van der Waals surface area (Å²) in [6.07, 6.45) is 4.98. The summed E-state index contributed by atoms with van der Waals surface area (Å²) in [6.45, 7) is 5.62. The predicted molar refractivity (Wildman–Crippen MR) is 85.2 cm³/mol. The molecule has 23 heavy (non-hydrogen) atoms. The Morgan fingerprint density at radius 2 is 1.87 bits per heavy atom. The normalized spacial score (nSPS) is 18.9. The van der Waals surface area contributed by atoms with E-state index in [9.17, 15) is 14.7 Å². The van der Waals surface area contributed by atoms with Crippen molar-refractivity contribution in [3.05, 3.63) is 17.0 Å². The lowest BCUT2D eigenvalue weighted by Crippen LogP contribution is -2.54. The van der Waals surface area contributed by atoms with Crippen molar-refractivity contribution < 1.29 is 19.2 Å². The Hall–Kier alpha value is -1.85. The molecule has 1 aromatic rings. The van der Waals surface area contributed by atoms with Crippen molar-refractivity contribution in [2.45, 2.75) is 77.2 Å². The topological polar surface area (TPSA) is 92.4 Å². The summed E-state index contributed by atoms with van der Waals surface area (Å²) >= 11 is 0. The van der Waals surface area contributed by atoms with Crippen molar-refractivity contribution in [2.75, 3.05) is 0 Å². The minimum absolute atomic E-state index is 0.0575. The number of aryl methyl sites for hydroxylation is 2. The Labute approximate surface area is 136 Å². The average Bonchev–Trinajstić information content (AvgIpc) is 2.68. The van der Waals surface area contributed by atoms with E-state index < -0.39 is 11.5 Å². The fourth-order valence-electron chi connectivity index (χ4n) is 3.62. The van der Waals surface area contributed by atoms with E-state index in [1.54, 1.807) is 0 Å². The van der Waals surface area contributed by atoms with Crippen molar-refractivity contribution in [3.63, 3.8) is 0 Å². The zero-order chi connectivity index (χ0) is 17.0. The minimum Gasteiger partial charge on any atom is -0.480 e. The minimum atomic E-state index is -1.11. The molecule has 1 fully saturated rings. The third-order valence-corrected chi connectivity index (χ3v) is 4.82. The van der Waals surface area contributed by atoms with Gasteiger partial charge in [0.2, 0.25) is 5.91 Å². The van der Waals surface area contributed by atoms with Crippen LogP contribution in [-0.4, -0.2) is 27.7 Å². The highest BCUT2D eigenvalue weighted by Gasteiger charge is 2.40. The number of hydrogen-bond acceptors (Lipinski definition) is 4. The number of hydrogen-bond donors (Lipinski definition) is 2. The van der Waals surface area contributed by atoms with Gasteiger partial charge in [-0.15, -0.1) is 0 Å². The van der Waals surface area contributed by atoms with Crippen LogP contribution < -0.4 is 5.32 Å². The first-order valence-electron chi connectivity index (χ1n) is 8.33. The highest BCUT2D eigenvalue weighted by atomic mass is 16.5. The molecule has 128 valence electrons. The van der Waals surface area contributed by atoms with Gasteiger partial charge in [-0.3, -0.25) is 4.79 Å². The van der Waals surface area contributed by atoms with E-state index in [-0.39, 0.29) is 18.2 Å². The highest BCUT2D eigenvalue weighted by molar-refractivity contribution is 5.87. The number of rotatable bonds is 5. The Morgan fingerprint density at radius 1 is 1.26 bits per heavy atom. The van der Waals surface area contributed by atoms with Crippen LogP contribution in [0.1, 0.15) is 74.8 Å². The Kier molecular flexibility index (Phi) is 5.44. The van der Waals surface area contributed by atoms with Crippen molar-refractivity contribution in [1.82, 2.24) is 10.5 Å². The first-order chi connectivity index (χ1) is 10.9. The first-order valence-corrected chi connectivity index (χ1v) is 8.33. The second-order valence-corrected chi connectivity index (χ2v) is 6.69. The van der Waals surface area contributed by atoms with Gasteiger partial charge in [-0.25, -0.2) is 4.79 Å². The molecule has 1 aliphatic rings. The molecule has 1 unspecified atom stereocenters. The van der Waals surface area contributed by atoms with Crippen LogP contribution in [0.15, 0.2) is 4.52 Å². The smallest absolute Gasteiger partial charge is 0.329 e. The number of aliphatic carboxylic acids is 1. The summed E-state index contributed by atoms with van der Waals surface area (Å²) in [4.78, 5) is 24.2. The number of carbonyl (C=O) groups is 2. The molecule has 0 radical (unpaired) electrons. The highest BCUT2D eigenvalue weighted by Crippen LogP contribution is 2.29. The Morgan fingerprint density at radius 3 is 2.35 bits per heavy atom. The predicted octanol–water partition coefficient (Wildman–Crippen LogP) is 3.08. The van der Waals surface area contributed by atoms with Crippen LogP contribution in [-0.2, 0) is 9.59 Å². The van der Waals surface area contributed by atoms with Gasteiger partial charge in [-0.05, 0) is 32.6 Å². The van der Waals surface area contributed by atoms with Gasteiger partial charge in [0.1, 0.15) is 11.3 Å². The van der Waals surface area contributed by atoms with Gasteiger partial charge < -0.3 is 14.9 Å². The molecule has 0 bridgehead atoms. The molecular weight excluding hydrogens is 296 g/mol. The summed E-state index contributed by atoms with van der Waals surface area (Å²) in [5.74, 6) is -0.484. The lowest BCUT2D eigenvalue weighted by atomic mass is 9.89. The second kappa shape index (κ2) is 7.15. The van der Waals surface area contributed by atoms with E-state index in [0.717, 1.165) is 36.9 Å². The van der Waals surface area contributed by atoms with Crippen LogP contribution in [0.3, 0.4) is 0 Å². The quantitative estimate of drug-likeness (QED) is 0.813. The SMILES string of the molecule is Cc1noc(C)c1C(C)CC(=O)NC1(C(=O)O)CCCCCC1. The number of aromatic nitrogens is 1. The fraction of sp³-hybridized carbons (Fsp3) is 0.706. The molecule has 1 saturated carbocycles. The third-order valence-electron chi connectivity index (χ3n) is 4.82. The van der Waals surface area contributed by atoms with E-state index >= 15 is 0 Å². The summed E-state index contributed by atoms with van der Waals surface area (Å²) in [5.41, 5.74) is 0.613. The molecule has 0 aliphatic heterocycles. The maximum Gasteiger partial charge on any atom is 0.329 e. The standard InChI is InChI=1S/C17H26N2O4/c1-11(15-12(2)19-23-13(15)3)10-14(20)18-17(16(21)22)8-6-4-5-7-9-17/h11H,4-10H2,1-3H3,(H,18,20)(H,21,22). The van der Waals surface area contributed by atoms with Crippen molar-refractivity contribution >= 4 is 11.9 Å². The molecule has 1 atom stereocenters. The molecule has 0 spiro atoms. The lowest BCUT2D eigenvalue weighted by Gasteiger charge is -2.29. The molecule has 0 saturated heterocycles. The second-order valence-electron chi connectivity index (χ2n) is 6.69. The number of nitrogens with one attached hydrogen (secondary N) is 1. The fourth-order valence-corrected chi connectivity index (χ4v) is 3.62.